The number of nitro groups is 1. The van der Waals surface area contributed by atoms with Gasteiger partial charge in [0.25, 0.3) is 5.91 Å². The highest BCUT2D eigenvalue weighted by atomic mass is 16.6. The smallest absolute Gasteiger partial charge is 0.319 e. The van der Waals surface area contributed by atoms with Crippen LogP contribution in [0, 0.1) is 10.1 Å². The van der Waals surface area contributed by atoms with Crippen LogP contribution in [0.1, 0.15) is 10.5 Å². The fourth-order valence-corrected chi connectivity index (χ4v) is 1.52. The van der Waals surface area contributed by atoms with E-state index in [1.54, 1.807) is 24.3 Å². The number of carbonyl (C=O) groups is 1. The third-order valence-electron chi connectivity index (χ3n) is 2.40. The molecular formula is C11H10N4O4. The summed E-state index contributed by atoms with van der Waals surface area (Å²) in [6.07, 6.45) is 0.983. The molecule has 1 amide bonds. The number of hydrogen-bond acceptors (Lipinski definition) is 5. The number of aromatic amines is 1. The number of nitrogens with zero attached hydrogens (tertiary/aromatic N) is 2. The molecule has 0 aliphatic carbocycles. The van der Waals surface area contributed by atoms with Gasteiger partial charge in [-0.25, -0.2) is 0 Å². The van der Waals surface area contributed by atoms with Gasteiger partial charge in [0.1, 0.15) is 11.9 Å². The van der Waals surface area contributed by atoms with Gasteiger partial charge in [-0.2, -0.15) is 5.10 Å². The number of anilines is 1. The Balaban J connectivity index is 2.26. The van der Waals surface area contributed by atoms with E-state index in [4.69, 9.17) is 4.74 Å². The first-order valence-corrected chi connectivity index (χ1v) is 5.25. The van der Waals surface area contributed by atoms with E-state index in [-0.39, 0.29) is 11.4 Å². The first kappa shape index (κ1) is 12.6. The third kappa shape index (κ3) is 2.51. The van der Waals surface area contributed by atoms with Crippen molar-refractivity contribution in [2.75, 3.05) is 12.4 Å². The number of hydrogen-bond donors (Lipinski definition) is 2. The summed E-state index contributed by atoms with van der Waals surface area (Å²) in [4.78, 5) is 22.0. The SMILES string of the molecule is COc1ccccc1NC(=O)c1[nH]ncc1[N+](=O)[O-]. The van der Waals surface area contributed by atoms with E-state index in [0.717, 1.165) is 6.20 Å². The number of methoxy groups -OCH3 is 1. The predicted molar refractivity (Wildman–Crippen MR) is 66.2 cm³/mol. The molecule has 1 aromatic carbocycles. The molecule has 0 saturated heterocycles. The minimum atomic E-state index is -0.680. The lowest BCUT2D eigenvalue weighted by Crippen LogP contribution is -2.14. The van der Waals surface area contributed by atoms with Crippen LogP contribution in [-0.4, -0.2) is 28.1 Å². The zero-order valence-corrected chi connectivity index (χ0v) is 9.91. The molecule has 0 unspecified atom stereocenters. The highest BCUT2D eigenvalue weighted by Gasteiger charge is 2.23. The van der Waals surface area contributed by atoms with Gasteiger partial charge < -0.3 is 10.1 Å². The maximum absolute atomic E-state index is 11.9. The van der Waals surface area contributed by atoms with Gasteiger partial charge in [-0.05, 0) is 12.1 Å². The minimum absolute atomic E-state index is 0.212. The summed E-state index contributed by atoms with van der Waals surface area (Å²) in [6, 6.07) is 6.74. The first-order valence-electron chi connectivity index (χ1n) is 5.25. The van der Waals surface area contributed by atoms with E-state index in [9.17, 15) is 14.9 Å². The second-order valence-corrected chi connectivity index (χ2v) is 3.54. The van der Waals surface area contributed by atoms with Crippen LogP contribution < -0.4 is 10.1 Å². The summed E-state index contributed by atoms with van der Waals surface area (Å²) < 4.78 is 5.07. The Labute approximate surface area is 107 Å². The summed E-state index contributed by atoms with van der Waals surface area (Å²) in [6.45, 7) is 0. The average molecular weight is 262 g/mol. The third-order valence-corrected chi connectivity index (χ3v) is 2.40. The summed E-state index contributed by atoms with van der Waals surface area (Å²) in [5.41, 5.74) is -0.179. The fraction of sp³-hybridized carbons (Fsp3) is 0.0909. The van der Waals surface area contributed by atoms with Crippen molar-refractivity contribution >= 4 is 17.3 Å². The van der Waals surface area contributed by atoms with Crippen LogP contribution in [0.5, 0.6) is 5.75 Å². The maximum atomic E-state index is 11.9. The van der Waals surface area contributed by atoms with Crippen LogP contribution in [0.3, 0.4) is 0 Å². The molecule has 0 atom stereocenters. The second-order valence-electron chi connectivity index (χ2n) is 3.54. The van der Waals surface area contributed by atoms with Gasteiger partial charge in [0, 0.05) is 0 Å². The van der Waals surface area contributed by atoms with E-state index in [1.807, 2.05) is 0 Å². The van der Waals surface area contributed by atoms with Crippen molar-refractivity contribution in [1.29, 1.82) is 0 Å². The number of ether oxygens (including phenoxy) is 1. The van der Waals surface area contributed by atoms with Crippen molar-refractivity contribution in [3.63, 3.8) is 0 Å². The number of aromatic nitrogens is 2. The number of amides is 1. The Kier molecular flexibility index (Phi) is 3.42. The molecule has 2 aromatic rings. The number of para-hydroxylation sites is 2. The van der Waals surface area contributed by atoms with Crippen molar-refractivity contribution in [3.05, 3.63) is 46.3 Å². The minimum Gasteiger partial charge on any atom is -0.495 e. The molecule has 0 bridgehead atoms. The van der Waals surface area contributed by atoms with Crippen LogP contribution in [0.25, 0.3) is 0 Å². The Morgan fingerprint density at radius 2 is 2.21 bits per heavy atom. The molecule has 0 aliphatic rings. The Hall–Kier alpha value is -2.90. The summed E-state index contributed by atoms with van der Waals surface area (Å²) >= 11 is 0. The number of benzene rings is 1. The molecule has 8 heteroatoms. The lowest BCUT2D eigenvalue weighted by Gasteiger charge is -2.08. The molecule has 2 N–H and O–H groups in total. The normalized spacial score (nSPS) is 9.95. The zero-order chi connectivity index (χ0) is 13.8. The molecule has 0 radical (unpaired) electrons. The molecule has 0 fully saturated rings. The monoisotopic (exact) mass is 262 g/mol. The molecule has 0 saturated carbocycles. The van der Waals surface area contributed by atoms with Gasteiger partial charge in [-0.1, -0.05) is 12.1 Å². The molecule has 1 heterocycles. The number of carbonyl (C=O) groups excluding carboxylic acids is 1. The lowest BCUT2D eigenvalue weighted by molar-refractivity contribution is -0.385. The van der Waals surface area contributed by atoms with Crippen LogP contribution in [0.2, 0.25) is 0 Å². The highest BCUT2D eigenvalue weighted by molar-refractivity contribution is 6.06. The van der Waals surface area contributed by atoms with Gasteiger partial charge in [0.2, 0.25) is 5.69 Å². The van der Waals surface area contributed by atoms with Crippen LogP contribution in [-0.2, 0) is 0 Å². The van der Waals surface area contributed by atoms with Crippen molar-refractivity contribution in [2.24, 2.45) is 0 Å². The van der Waals surface area contributed by atoms with Crippen molar-refractivity contribution < 1.29 is 14.5 Å². The van der Waals surface area contributed by atoms with Crippen molar-refractivity contribution in [2.45, 2.75) is 0 Å². The van der Waals surface area contributed by atoms with Crippen LogP contribution >= 0.6 is 0 Å². The number of nitrogens with one attached hydrogen (secondary N) is 2. The molecule has 0 aliphatic heterocycles. The van der Waals surface area contributed by atoms with E-state index in [2.05, 4.69) is 15.5 Å². The van der Waals surface area contributed by atoms with Gasteiger partial charge in [0.15, 0.2) is 0 Å². The van der Waals surface area contributed by atoms with Crippen molar-refractivity contribution in [1.82, 2.24) is 10.2 Å². The average Bonchev–Trinajstić information content (AvgIpc) is 2.88. The quantitative estimate of drug-likeness (QED) is 0.642. The fourth-order valence-electron chi connectivity index (χ4n) is 1.52. The highest BCUT2D eigenvalue weighted by Crippen LogP contribution is 2.24. The Morgan fingerprint density at radius 1 is 1.47 bits per heavy atom. The first-order chi connectivity index (χ1) is 9.13. The second kappa shape index (κ2) is 5.17. The summed E-state index contributed by atoms with van der Waals surface area (Å²) in [5.74, 6) is -0.202. The lowest BCUT2D eigenvalue weighted by atomic mass is 10.2. The van der Waals surface area contributed by atoms with Crippen LogP contribution in [0.4, 0.5) is 11.4 Å². The van der Waals surface area contributed by atoms with E-state index in [0.29, 0.717) is 11.4 Å². The van der Waals surface area contributed by atoms with Gasteiger partial charge in [-0.3, -0.25) is 20.0 Å². The number of H-pyrrole nitrogens is 1. The summed E-state index contributed by atoms with van der Waals surface area (Å²) in [7, 11) is 1.46. The molecule has 98 valence electrons. The van der Waals surface area contributed by atoms with Crippen LogP contribution in [0.15, 0.2) is 30.5 Å². The van der Waals surface area contributed by atoms with Gasteiger partial charge in [0.05, 0.1) is 17.7 Å². The molecule has 2 rings (SSSR count). The van der Waals surface area contributed by atoms with Gasteiger partial charge in [-0.15, -0.1) is 0 Å². The van der Waals surface area contributed by atoms with E-state index >= 15 is 0 Å². The Bertz CT molecular complexity index is 623. The van der Waals surface area contributed by atoms with Crippen molar-refractivity contribution in [3.8, 4) is 5.75 Å². The summed E-state index contributed by atoms with van der Waals surface area (Å²) in [5, 5.41) is 19.0. The topological polar surface area (TPSA) is 110 Å². The predicted octanol–water partition coefficient (Wildman–Crippen LogP) is 1.58. The molecule has 1 aromatic heterocycles. The van der Waals surface area contributed by atoms with E-state index < -0.39 is 10.8 Å². The number of rotatable bonds is 4. The Morgan fingerprint density at radius 3 is 2.89 bits per heavy atom. The van der Waals surface area contributed by atoms with Gasteiger partial charge >= 0.3 is 5.69 Å². The maximum Gasteiger partial charge on any atom is 0.319 e. The van der Waals surface area contributed by atoms with E-state index in [1.165, 1.54) is 7.11 Å². The molecule has 19 heavy (non-hydrogen) atoms. The molecule has 8 nitrogen and oxygen atoms in total. The molecular weight excluding hydrogens is 252 g/mol. The standard InChI is InChI=1S/C11H10N4O4/c1-19-9-5-3-2-4-7(9)13-11(16)10-8(15(17)18)6-12-14-10/h2-6H,1H3,(H,12,14)(H,13,16). The molecule has 0 spiro atoms. The largest absolute Gasteiger partial charge is 0.495 e. The zero-order valence-electron chi connectivity index (χ0n) is 9.91.